The summed E-state index contributed by atoms with van der Waals surface area (Å²) < 4.78 is 0. The Balaban J connectivity index is 1.70. The first kappa shape index (κ1) is 9.50. The predicted octanol–water partition coefficient (Wildman–Crippen LogP) is 3.90. The van der Waals surface area contributed by atoms with E-state index in [1.165, 1.54) is 69.2 Å². The topological polar surface area (TPSA) is 14.1 Å². The second-order valence-corrected chi connectivity index (χ2v) is 5.19. The zero-order chi connectivity index (χ0) is 10.1. The smallest absolute Gasteiger partial charge is 0.0441 e. The van der Waals surface area contributed by atoms with Gasteiger partial charge in [-0.1, -0.05) is 19.3 Å². The lowest BCUT2D eigenvalue weighted by atomic mass is 9.86. The van der Waals surface area contributed by atoms with Crippen molar-refractivity contribution in [3.05, 3.63) is 23.0 Å². The summed E-state index contributed by atoms with van der Waals surface area (Å²) in [6, 6.07) is 0. The Morgan fingerprint density at radius 1 is 0.933 bits per heavy atom. The molecule has 3 rings (SSSR count). The summed E-state index contributed by atoms with van der Waals surface area (Å²) in [6.45, 7) is 0. The van der Waals surface area contributed by atoms with E-state index in [0.29, 0.717) is 0 Å². The molecule has 1 saturated carbocycles. The molecule has 0 amide bonds. The van der Waals surface area contributed by atoms with Crippen LogP contribution in [0.3, 0.4) is 0 Å². The second-order valence-electron chi connectivity index (χ2n) is 5.19. The van der Waals surface area contributed by atoms with Crippen molar-refractivity contribution in [3.63, 3.8) is 0 Å². The van der Waals surface area contributed by atoms with Gasteiger partial charge in [-0.15, -0.1) is 0 Å². The third-order valence-corrected chi connectivity index (χ3v) is 4.09. The van der Waals surface area contributed by atoms with Crippen LogP contribution in [-0.4, -0.2) is 0 Å². The molecule has 0 atom stereocenters. The van der Waals surface area contributed by atoms with Gasteiger partial charge in [0.05, 0.1) is 0 Å². The molecule has 1 fully saturated rings. The highest BCUT2D eigenvalue weighted by Gasteiger charge is 2.26. The average molecular weight is 202 g/mol. The molecule has 81 valence electrons. The third kappa shape index (κ3) is 1.84. The number of hydrogen-bond donors (Lipinski definition) is 0. The Bertz CT molecular complexity index is 305. The summed E-state index contributed by atoms with van der Waals surface area (Å²) in [5, 5.41) is 4.87. The minimum atomic E-state index is 0.796. The summed E-state index contributed by atoms with van der Waals surface area (Å²) in [4.78, 5) is 0. The van der Waals surface area contributed by atoms with E-state index in [9.17, 15) is 0 Å². The van der Waals surface area contributed by atoms with E-state index in [4.69, 9.17) is 5.32 Å². The van der Waals surface area contributed by atoms with Crippen LogP contribution in [0.1, 0.15) is 57.8 Å². The molecule has 1 aliphatic heterocycles. The van der Waals surface area contributed by atoms with Crippen LogP contribution in [0, 0.1) is 5.92 Å². The minimum absolute atomic E-state index is 0.796. The molecule has 2 aliphatic carbocycles. The number of allylic oxidation sites excluding steroid dienone is 4. The second kappa shape index (κ2) is 4.03. The number of hydrogen-bond acceptors (Lipinski definition) is 0. The van der Waals surface area contributed by atoms with Gasteiger partial charge in [0.15, 0.2) is 0 Å². The lowest BCUT2D eigenvalue weighted by molar-refractivity contribution is 0.391. The lowest BCUT2D eigenvalue weighted by Gasteiger charge is -2.22. The zero-order valence-electron chi connectivity index (χ0n) is 9.47. The minimum Gasteiger partial charge on any atom is -0.257 e. The van der Waals surface area contributed by atoms with Gasteiger partial charge in [0.1, 0.15) is 0 Å². The molecule has 0 unspecified atom stereocenters. The van der Waals surface area contributed by atoms with Gasteiger partial charge in [0.25, 0.3) is 0 Å². The van der Waals surface area contributed by atoms with Gasteiger partial charge in [-0.05, 0) is 50.2 Å². The van der Waals surface area contributed by atoms with Crippen molar-refractivity contribution < 1.29 is 0 Å². The Kier molecular flexibility index (Phi) is 2.56. The van der Waals surface area contributed by atoms with E-state index in [1.54, 1.807) is 5.57 Å². The van der Waals surface area contributed by atoms with E-state index < -0.39 is 0 Å². The van der Waals surface area contributed by atoms with Gasteiger partial charge in [-0.2, -0.15) is 0 Å². The van der Waals surface area contributed by atoms with Crippen molar-refractivity contribution in [1.29, 1.82) is 0 Å². The van der Waals surface area contributed by atoms with Crippen molar-refractivity contribution in [2.45, 2.75) is 57.8 Å². The zero-order valence-corrected chi connectivity index (χ0v) is 9.47. The van der Waals surface area contributed by atoms with Crippen LogP contribution >= 0.6 is 0 Å². The first-order valence-corrected chi connectivity index (χ1v) is 6.59. The first-order chi connectivity index (χ1) is 7.43. The lowest BCUT2D eigenvalue weighted by Crippen LogP contribution is -2.14. The molecule has 0 spiro atoms. The highest BCUT2D eigenvalue weighted by molar-refractivity contribution is 5.38. The fourth-order valence-electron chi connectivity index (χ4n) is 3.17. The largest absolute Gasteiger partial charge is 0.257 e. The van der Waals surface area contributed by atoms with Gasteiger partial charge in [0.2, 0.25) is 0 Å². The van der Waals surface area contributed by atoms with Gasteiger partial charge < -0.3 is 0 Å². The summed E-state index contributed by atoms with van der Waals surface area (Å²) >= 11 is 0. The molecule has 1 heteroatoms. The van der Waals surface area contributed by atoms with Crippen LogP contribution in [0.25, 0.3) is 0 Å². The Morgan fingerprint density at radius 3 is 2.53 bits per heavy atom. The Morgan fingerprint density at radius 2 is 1.73 bits per heavy atom. The summed E-state index contributed by atoms with van der Waals surface area (Å²) in [5.41, 5.74) is 4.44. The van der Waals surface area contributed by atoms with Crippen molar-refractivity contribution >= 4 is 0 Å². The van der Waals surface area contributed by atoms with Crippen molar-refractivity contribution in [1.82, 2.24) is 5.32 Å². The molecule has 0 aromatic carbocycles. The molecule has 0 aromatic rings. The van der Waals surface area contributed by atoms with Gasteiger partial charge >= 0.3 is 0 Å². The van der Waals surface area contributed by atoms with E-state index in [0.717, 1.165) is 5.92 Å². The fourth-order valence-corrected chi connectivity index (χ4v) is 3.17. The van der Waals surface area contributed by atoms with Gasteiger partial charge in [0, 0.05) is 17.3 Å². The van der Waals surface area contributed by atoms with Crippen LogP contribution < -0.4 is 5.32 Å². The molecule has 1 nitrogen and oxygen atoms in total. The van der Waals surface area contributed by atoms with Crippen LogP contribution in [-0.2, 0) is 0 Å². The van der Waals surface area contributed by atoms with Gasteiger partial charge in [-0.25, -0.2) is 0 Å². The molecule has 1 radical (unpaired) electrons. The summed E-state index contributed by atoms with van der Waals surface area (Å²) in [6.07, 6.45) is 14.7. The average Bonchev–Trinajstić information content (AvgIpc) is 2.74. The van der Waals surface area contributed by atoms with Crippen LogP contribution in [0.5, 0.6) is 0 Å². The van der Waals surface area contributed by atoms with Crippen molar-refractivity contribution in [2.24, 2.45) is 5.92 Å². The standard InChI is InChI=1S/C14H20N/c1-2-6-11(7-3-1)14-10-12-8-4-5-9-13(12)15-14/h10-11H,1-9H2. The molecule has 0 bridgehead atoms. The SMILES string of the molecule is C1=C(C2CCCCC2)[N]C2=C1CCCC2. The molecular formula is C14H20N. The molecule has 1 heterocycles. The molecular weight excluding hydrogens is 182 g/mol. The maximum atomic E-state index is 4.87. The maximum Gasteiger partial charge on any atom is 0.0441 e. The van der Waals surface area contributed by atoms with Crippen LogP contribution in [0.4, 0.5) is 0 Å². The van der Waals surface area contributed by atoms with Crippen molar-refractivity contribution in [3.8, 4) is 0 Å². The van der Waals surface area contributed by atoms with Gasteiger partial charge in [-0.3, -0.25) is 5.32 Å². The quantitative estimate of drug-likeness (QED) is 0.612. The highest BCUT2D eigenvalue weighted by atomic mass is 14.9. The maximum absolute atomic E-state index is 4.87. The third-order valence-electron chi connectivity index (χ3n) is 4.09. The van der Waals surface area contributed by atoms with Crippen molar-refractivity contribution in [2.75, 3.05) is 0 Å². The monoisotopic (exact) mass is 202 g/mol. The first-order valence-electron chi connectivity index (χ1n) is 6.59. The van der Waals surface area contributed by atoms with E-state index in [1.807, 2.05) is 0 Å². The summed E-state index contributed by atoms with van der Waals surface area (Å²) in [5.74, 6) is 0.796. The molecule has 0 N–H and O–H groups in total. The molecule has 15 heavy (non-hydrogen) atoms. The van der Waals surface area contributed by atoms with Crippen LogP contribution in [0.2, 0.25) is 0 Å². The Labute approximate surface area is 92.6 Å². The fraction of sp³-hybridized carbons (Fsp3) is 0.714. The number of rotatable bonds is 1. The summed E-state index contributed by atoms with van der Waals surface area (Å²) in [7, 11) is 0. The van der Waals surface area contributed by atoms with E-state index in [2.05, 4.69) is 6.08 Å². The Hall–Kier alpha value is -0.720. The predicted molar refractivity (Wildman–Crippen MR) is 62.3 cm³/mol. The van der Waals surface area contributed by atoms with E-state index in [-0.39, 0.29) is 0 Å². The van der Waals surface area contributed by atoms with E-state index >= 15 is 0 Å². The van der Waals surface area contributed by atoms with Crippen LogP contribution in [0.15, 0.2) is 23.0 Å². The highest BCUT2D eigenvalue weighted by Crippen LogP contribution is 2.37. The normalized spacial score (nSPS) is 27.3. The molecule has 0 aromatic heterocycles. The molecule has 0 saturated heterocycles. The molecule has 3 aliphatic rings. The number of nitrogens with zero attached hydrogens (tertiary/aromatic N) is 1.